The highest BCUT2D eigenvalue weighted by Crippen LogP contribution is 2.49. The van der Waals surface area contributed by atoms with Crippen LogP contribution in [0.1, 0.15) is 45.1 Å². The van der Waals surface area contributed by atoms with E-state index in [4.69, 9.17) is 5.73 Å². The van der Waals surface area contributed by atoms with Crippen LogP contribution in [0, 0.1) is 5.92 Å². The Kier molecular flexibility index (Phi) is 3.94. The molecule has 0 heterocycles. The summed E-state index contributed by atoms with van der Waals surface area (Å²) in [7, 11) is 0. The van der Waals surface area contributed by atoms with Crippen LogP contribution in [-0.4, -0.2) is 6.04 Å². The van der Waals surface area contributed by atoms with Gasteiger partial charge < -0.3 is 5.73 Å². The van der Waals surface area contributed by atoms with Gasteiger partial charge in [0.25, 0.3) is 0 Å². The SMILES string of the molecule is CC(C)CC(N)C1(c2ccccc2Br)CCC1. The molecule has 0 aromatic heterocycles. The predicted molar refractivity (Wildman–Crippen MR) is 77.1 cm³/mol. The molecular weight excluding hydrogens is 274 g/mol. The van der Waals surface area contributed by atoms with Crippen molar-refractivity contribution in [3.8, 4) is 0 Å². The van der Waals surface area contributed by atoms with E-state index in [2.05, 4.69) is 54.0 Å². The molecule has 1 aliphatic rings. The first kappa shape index (κ1) is 13.1. The average molecular weight is 296 g/mol. The fourth-order valence-electron chi connectivity index (χ4n) is 3.00. The standard InChI is InChI=1S/C15H22BrN/c1-11(2)10-14(17)15(8-5-9-15)12-6-3-4-7-13(12)16/h3-4,6-7,11,14H,5,8-10,17H2,1-2H3. The van der Waals surface area contributed by atoms with Gasteiger partial charge >= 0.3 is 0 Å². The Bertz CT molecular complexity index is 382. The molecule has 2 rings (SSSR count). The molecule has 17 heavy (non-hydrogen) atoms. The van der Waals surface area contributed by atoms with Crippen LogP contribution in [-0.2, 0) is 5.41 Å². The van der Waals surface area contributed by atoms with E-state index in [9.17, 15) is 0 Å². The Morgan fingerprint density at radius 2 is 1.94 bits per heavy atom. The molecule has 1 unspecified atom stereocenters. The molecular formula is C15H22BrN. The molecule has 1 saturated carbocycles. The van der Waals surface area contributed by atoms with Gasteiger partial charge in [-0.05, 0) is 36.8 Å². The summed E-state index contributed by atoms with van der Waals surface area (Å²) < 4.78 is 1.22. The van der Waals surface area contributed by atoms with Crippen molar-refractivity contribution in [3.05, 3.63) is 34.3 Å². The van der Waals surface area contributed by atoms with Crippen molar-refractivity contribution in [2.45, 2.75) is 51.0 Å². The van der Waals surface area contributed by atoms with Crippen LogP contribution in [0.4, 0.5) is 0 Å². The van der Waals surface area contributed by atoms with Crippen molar-refractivity contribution in [1.29, 1.82) is 0 Å². The Labute approximate surface area is 113 Å². The van der Waals surface area contributed by atoms with Crippen LogP contribution in [0.3, 0.4) is 0 Å². The van der Waals surface area contributed by atoms with E-state index in [-0.39, 0.29) is 11.5 Å². The molecule has 0 bridgehead atoms. The summed E-state index contributed by atoms with van der Waals surface area (Å²) in [6.07, 6.45) is 4.90. The van der Waals surface area contributed by atoms with Crippen molar-refractivity contribution in [2.24, 2.45) is 11.7 Å². The highest BCUT2D eigenvalue weighted by molar-refractivity contribution is 9.10. The van der Waals surface area contributed by atoms with Gasteiger partial charge in [-0.25, -0.2) is 0 Å². The molecule has 2 heteroatoms. The Morgan fingerprint density at radius 3 is 2.41 bits per heavy atom. The van der Waals surface area contributed by atoms with Gasteiger partial charge in [0.2, 0.25) is 0 Å². The molecule has 1 aromatic rings. The number of nitrogens with two attached hydrogens (primary N) is 1. The van der Waals surface area contributed by atoms with Crippen LogP contribution in [0.5, 0.6) is 0 Å². The first-order valence-electron chi connectivity index (χ1n) is 6.57. The highest BCUT2D eigenvalue weighted by atomic mass is 79.9. The lowest BCUT2D eigenvalue weighted by atomic mass is 9.59. The number of halogens is 1. The minimum absolute atomic E-state index is 0.227. The normalized spacial score (nSPS) is 20.1. The summed E-state index contributed by atoms with van der Waals surface area (Å²) in [5.74, 6) is 0.671. The topological polar surface area (TPSA) is 26.0 Å². The van der Waals surface area contributed by atoms with Gasteiger partial charge in [-0.15, -0.1) is 0 Å². The van der Waals surface area contributed by atoms with Gasteiger partial charge in [0.15, 0.2) is 0 Å². The molecule has 1 aromatic carbocycles. The van der Waals surface area contributed by atoms with E-state index in [1.807, 2.05) is 0 Å². The van der Waals surface area contributed by atoms with Crippen molar-refractivity contribution in [1.82, 2.24) is 0 Å². The summed E-state index contributed by atoms with van der Waals surface area (Å²) in [4.78, 5) is 0. The summed E-state index contributed by atoms with van der Waals surface area (Å²) in [6.45, 7) is 4.51. The Balaban J connectivity index is 2.28. The fraction of sp³-hybridized carbons (Fsp3) is 0.600. The summed E-state index contributed by atoms with van der Waals surface area (Å²) >= 11 is 3.69. The second-order valence-corrected chi connectivity index (χ2v) is 6.58. The lowest BCUT2D eigenvalue weighted by Gasteiger charge is -2.48. The van der Waals surface area contributed by atoms with Crippen molar-refractivity contribution < 1.29 is 0 Å². The van der Waals surface area contributed by atoms with E-state index in [0.717, 1.165) is 6.42 Å². The van der Waals surface area contributed by atoms with Gasteiger partial charge in [-0.1, -0.05) is 54.4 Å². The first-order chi connectivity index (χ1) is 8.06. The van der Waals surface area contributed by atoms with Crippen molar-refractivity contribution >= 4 is 15.9 Å². The predicted octanol–water partition coefficient (Wildman–Crippen LogP) is 4.24. The van der Waals surface area contributed by atoms with Crippen LogP contribution in [0.15, 0.2) is 28.7 Å². The molecule has 0 amide bonds. The third kappa shape index (κ3) is 2.43. The van der Waals surface area contributed by atoms with Crippen LogP contribution >= 0.6 is 15.9 Å². The first-order valence-corrected chi connectivity index (χ1v) is 7.36. The lowest BCUT2D eigenvalue weighted by Crippen LogP contribution is -2.51. The van der Waals surface area contributed by atoms with Crippen LogP contribution in [0.2, 0.25) is 0 Å². The smallest absolute Gasteiger partial charge is 0.0213 e. The molecule has 1 aliphatic carbocycles. The maximum atomic E-state index is 6.49. The number of benzene rings is 1. The molecule has 0 radical (unpaired) electrons. The van der Waals surface area contributed by atoms with E-state index in [1.165, 1.54) is 29.3 Å². The van der Waals surface area contributed by atoms with Gasteiger partial charge in [-0.3, -0.25) is 0 Å². The third-order valence-corrected chi connectivity index (χ3v) is 4.78. The second-order valence-electron chi connectivity index (χ2n) is 5.73. The number of rotatable bonds is 4. The van der Waals surface area contributed by atoms with E-state index >= 15 is 0 Å². The molecule has 1 atom stereocenters. The Morgan fingerprint density at radius 1 is 1.29 bits per heavy atom. The molecule has 2 N–H and O–H groups in total. The van der Waals surface area contributed by atoms with Gasteiger partial charge in [-0.2, -0.15) is 0 Å². The monoisotopic (exact) mass is 295 g/mol. The van der Waals surface area contributed by atoms with Crippen molar-refractivity contribution in [2.75, 3.05) is 0 Å². The van der Waals surface area contributed by atoms with Crippen LogP contribution < -0.4 is 5.73 Å². The lowest BCUT2D eigenvalue weighted by molar-refractivity contribution is 0.177. The summed E-state index contributed by atoms with van der Waals surface area (Å²) in [6, 6.07) is 8.87. The zero-order chi connectivity index (χ0) is 12.5. The van der Waals surface area contributed by atoms with E-state index < -0.39 is 0 Å². The minimum Gasteiger partial charge on any atom is -0.327 e. The molecule has 94 valence electrons. The van der Waals surface area contributed by atoms with Crippen molar-refractivity contribution in [3.63, 3.8) is 0 Å². The van der Waals surface area contributed by atoms with Gasteiger partial charge in [0.1, 0.15) is 0 Å². The molecule has 0 saturated heterocycles. The highest BCUT2D eigenvalue weighted by Gasteiger charge is 2.44. The zero-order valence-corrected chi connectivity index (χ0v) is 12.3. The number of hydrogen-bond donors (Lipinski definition) is 1. The maximum absolute atomic E-state index is 6.49. The molecule has 0 aliphatic heterocycles. The average Bonchev–Trinajstić information content (AvgIpc) is 2.18. The quantitative estimate of drug-likeness (QED) is 0.883. The van der Waals surface area contributed by atoms with Crippen LogP contribution in [0.25, 0.3) is 0 Å². The van der Waals surface area contributed by atoms with Gasteiger partial charge in [0.05, 0.1) is 0 Å². The molecule has 1 nitrogen and oxygen atoms in total. The van der Waals surface area contributed by atoms with Gasteiger partial charge in [0, 0.05) is 15.9 Å². The summed E-state index contributed by atoms with van der Waals surface area (Å²) in [5, 5.41) is 0. The number of hydrogen-bond acceptors (Lipinski definition) is 1. The third-order valence-electron chi connectivity index (χ3n) is 4.09. The Hall–Kier alpha value is -0.340. The maximum Gasteiger partial charge on any atom is 0.0213 e. The summed E-state index contributed by atoms with van der Waals surface area (Å²) in [5.41, 5.74) is 8.14. The zero-order valence-electron chi connectivity index (χ0n) is 10.7. The minimum atomic E-state index is 0.227. The fourth-order valence-corrected chi connectivity index (χ4v) is 3.68. The molecule has 1 fully saturated rings. The van der Waals surface area contributed by atoms with E-state index in [0.29, 0.717) is 5.92 Å². The second kappa shape index (κ2) is 5.11. The van der Waals surface area contributed by atoms with E-state index in [1.54, 1.807) is 0 Å². The molecule has 0 spiro atoms. The largest absolute Gasteiger partial charge is 0.327 e.